The van der Waals surface area contributed by atoms with Crippen LogP contribution in [0.4, 0.5) is 0 Å². The van der Waals surface area contributed by atoms with E-state index in [1.165, 1.54) is 0 Å². The summed E-state index contributed by atoms with van der Waals surface area (Å²) in [6.07, 6.45) is 0.791. The number of aliphatic hydroxyl groups excluding tert-OH is 1. The molecule has 1 heterocycles. The largest absolute Gasteiger partial charge is 0.455 e. The molecule has 0 saturated carbocycles. The third-order valence-corrected chi connectivity index (χ3v) is 3.05. The van der Waals surface area contributed by atoms with E-state index in [1.807, 2.05) is 26.0 Å². The molecule has 19 heavy (non-hydrogen) atoms. The molecule has 0 fully saturated rings. The van der Waals surface area contributed by atoms with Crippen molar-refractivity contribution in [2.45, 2.75) is 26.9 Å². The molecule has 0 amide bonds. The highest BCUT2D eigenvalue weighted by molar-refractivity contribution is 6.30. The first-order chi connectivity index (χ1) is 9.13. The molecule has 2 rings (SSSR count). The summed E-state index contributed by atoms with van der Waals surface area (Å²) in [6, 6.07) is 9.00. The van der Waals surface area contributed by atoms with Gasteiger partial charge >= 0.3 is 0 Å². The third kappa shape index (κ3) is 3.25. The number of rotatable bonds is 4. The Labute approximate surface area is 117 Å². The molecule has 0 spiro atoms. The van der Waals surface area contributed by atoms with Crippen molar-refractivity contribution < 1.29 is 9.84 Å². The van der Waals surface area contributed by atoms with Crippen LogP contribution in [0.1, 0.15) is 23.9 Å². The maximum Gasteiger partial charge on any atom is 0.148 e. The van der Waals surface area contributed by atoms with Gasteiger partial charge in [-0.05, 0) is 43.7 Å². The van der Waals surface area contributed by atoms with Crippen LogP contribution in [0.5, 0.6) is 11.5 Å². The molecule has 0 saturated heterocycles. The van der Waals surface area contributed by atoms with Crippen LogP contribution in [0.2, 0.25) is 5.02 Å². The molecular weight excluding hydrogens is 262 g/mol. The molecule has 0 aliphatic heterocycles. The second-order valence-corrected chi connectivity index (χ2v) is 4.70. The molecule has 1 N–H and O–H groups in total. The summed E-state index contributed by atoms with van der Waals surface area (Å²) in [5, 5.41) is 9.92. The average molecular weight is 278 g/mol. The zero-order valence-electron chi connectivity index (χ0n) is 11.0. The maximum atomic E-state index is 9.34. The van der Waals surface area contributed by atoms with Crippen molar-refractivity contribution in [2.24, 2.45) is 0 Å². The van der Waals surface area contributed by atoms with E-state index in [0.717, 1.165) is 17.8 Å². The van der Waals surface area contributed by atoms with Gasteiger partial charge in [0.15, 0.2) is 0 Å². The predicted octanol–water partition coefficient (Wildman–Crippen LogP) is 3.89. The van der Waals surface area contributed by atoms with Crippen LogP contribution in [0.25, 0.3) is 0 Å². The van der Waals surface area contributed by atoms with Crippen LogP contribution in [-0.4, -0.2) is 10.1 Å². The van der Waals surface area contributed by atoms with Gasteiger partial charge in [-0.2, -0.15) is 0 Å². The highest BCUT2D eigenvalue weighted by atomic mass is 35.5. The monoisotopic (exact) mass is 277 g/mol. The minimum atomic E-state index is -0.114. The van der Waals surface area contributed by atoms with Crippen molar-refractivity contribution in [3.8, 4) is 11.5 Å². The van der Waals surface area contributed by atoms with Gasteiger partial charge in [0.05, 0.1) is 12.3 Å². The number of aryl methyl sites for hydroxylation is 2. The Kier molecular flexibility index (Phi) is 4.40. The first kappa shape index (κ1) is 13.8. The van der Waals surface area contributed by atoms with E-state index in [-0.39, 0.29) is 6.61 Å². The van der Waals surface area contributed by atoms with Crippen LogP contribution in [0.15, 0.2) is 30.3 Å². The van der Waals surface area contributed by atoms with Crippen LogP contribution in [0, 0.1) is 6.92 Å². The normalized spacial score (nSPS) is 10.5. The first-order valence-corrected chi connectivity index (χ1v) is 6.55. The molecule has 0 aliphatic rings. The van der Waals surface area contributed by atoms with Crippen LogP contribution in [-0.2, 0) is 13.0 Å². The van der Waals surface area contributed by atoms with Gasteiger partial charge in [-0.15, -0.1) is 0 Å². The van der Waals surface area contributed by atoms with Gasteiger partial charge in [0.1, 0.15) is 11.5 Å². The smallest absolute Gasteiger partial charge is 0.148 e. The number of hydrogen-bond acceptors (Lipinski definition) is 3. The van der Waals surface area contributed by atoms with Crippen molar-refractivity contribution >= 4 is 11.6 Å². The van der Waals surface area contributed by atoms with Gasteiger partial charge < -0.3 is 9.84 Å². The summed E-state index contributed by atoms with van der Waals surface area (Å²) in [6.45, 7) is 3.87. The number of aliphatic hydroxyl groups is 1. The second-order valence-electron chi connectivity index (χ2n) is 4.26. The van der Waals surface area contributed by atoms with Crippen molar-refractivity contribution in [1.29, 1.82) is 0 Å². The number of benzene rings is 1. The molecule has 4 heteroatoms. The topological polar surface area (TPSA) is 42.4 Å². The van der Waals surface area contributed by atoms with Crippen molar-refractivity contribution in [3.63, 3.8) is 0 Å². The standard InChI is InChI=1S/C15H16ClNO2/c1-3-13-15(6-4-10(2)17-13)19-14-7-5-12(16)8-11(14)9-18/h4-8,18H,3,9H2,1-2H3. The average Bonchev–Trinajstić information content (AvgIpc) is 2.42. The van der Waals surface area contributed by atoms with Crippen LogP contribution in [0.3, 0.4) is 0 Å². The molecule has 2 aromatic rings. The molecule has 3 nitrogen and oxygen atoms in total. The van der Waals surface area contributed by atoms with Gasteiger partial charge in [0.2, 0.25) is 0 Å². The van der Waals surface area contributed by atoms with E-state index in [9.17, 15) is 5.11 Å². The summed E-state index contributed by atoms with van der Waals surface area (Å²) < 4.78 is 5.85. The Balaban J connectivity index is 2.36. The zero-order valence-corrected chi connectivity index (χ0v) is 11.7. The van der Waals surface area contributed by atoms with Gasteiger partial charge in [0, 0.05) is 16.3 Å². The van der Waals surface area contributed by atoms with Crippen molar-refractivity contribution in [2.75, 3.05) is 0 Å². The Hall–Kier alpha value is -1.58. The minimum absolute atomic E-state index is 0.114. The summed E-state index contributed by atoms with van der Waals surface area (Å²) in [7, 11) is 0. The molecule has 0 aliphatic carbocycles. The number of aromatic nitrogens is 1. The van der Waals surface area contributed by atoms with Gasteiger partial charge in [-0.1, -0.05) is 18.5 Å². The Morgan fingerprint density at radius 2 is 1.95 bits per heavy atom. The summed E-state index contributed by atoms with van der Waals surface area (Å²) in [4.78, 5) is 4.45. The highest BCUT2D eigenvalue weighted by Gasteiger charge is 2.09. The molecule has 0 atom stereocenters. The summed E-state index contributed by atoms with van der Waals surface area (Å²) >= 11 is 5.90. The lowest BCUT2D eigenvalue weighted by molar-refractivity contribution is 0.276. The van der Waals surface area contributed by atoms with Crippen molar-refractivity contribution in [1.82, 2.24) is 4.98 Å². The number of nitrogens with zero attached hydrogens (tertiary/aromatic N) is 1. The summed E-state index contributed by atoms with van der Waals surface area (Å²) in [5.74, 6) is 1.32. The lowest BCUT2D eigenvalue weighted by atomic mass is 10.2. The first-order valence-electron chi connectivity index (χ1n) is 6.17. The lowest BCUT2D eigenvalue weighted by Crippen LogP contribution is -1.98. The Morgan fingerprint density at radius 3 is 2.63 bits per heavy atom. The van der Waals surface area contributed by atoms with Gasteiger partial charge in [0.25, 0.3) is 0 Å². The van der Waals surface area contributed by atoms with E-state index >= 15 is 0 Å². The van der Waals surface area contributed by atoms with Crippen molar-refractivity contribution in [3.05, 3.63) is 52.3 Å². The predicted molar refractivity (Wildman–Crippen MR) is 75.8 cm³/mol. The van der Waals surface area contributed by atoms with E-state index in [0.29, 0.717) is 22.1 Å². The number of hydrogen-bond donors (Lipinski definition) is 1. The molecule has 0 unspecified atom stereocenters. The molecule has 1 aromatic carbocycles. The molecular formula is C15H16ClNO2. The van der Waals surface area contributed by atoms with E-state index in [4.69, 9.17) is 16.3 Å². The van der Waals surface area contributed by atoms with Gasteiger partial charge in [-0.3, -0.25) is 4.98 Å². The SMILES string of the molecule is CCc1nc(C)ccc1Oc1ccc(Cl)cc1CO. The van der Waals surface area contributed by atoms with Crippen LogP contribution >= 0.6 is 11.6 Å². The summed E-state index contributed by atoms with van der Waals surface area (Å²) in [5.41, 5.74) is 2.52. The van der Waals surface area contributed by atoms with E-state index in [1.54, 1.807) is 18.2 Å². The van der Waals surface area contributed by atoms with E-state index in [2.05, 4.69) is 4.98 Å². The number of pyridine rings is 1. The quantitative estimate of drug-likeness (QED) is 0.922. The molecule has 0 bridgehead atoms. The highest BCUT2D eigenvalue weighted by Crippen LogP contribution is 2.29. The second kappa shape index (κ2) is 6.04. The lowest BCUT2D eigenvalue weighted by Gasteiger charge is -2.13. The molecule has 1 aromatic heterocycles. The third-order valence-electron chi connectivity index (χ3n) is 2.82. The number of ether oxygens (including phenoxy) is 1. The molecule has 0 radical (unpaired) electrons. The van der Waals surface area contributed by atoms with Gasteiger partial charge in [-0.25, -0.2) is 0 Å². The Bertz CT molecular complexity index is 533. The number of halogens is 1. The zero-order chi connectivity index (χ0) is 13.8. The molecule has 100 valence electrons. The fourth-order valence-corrected chi connectivity index (χ4v) is 2.03. The fourth-order valence-electron chi connectivity index (χ4n) is 1.83. The van der Waals surface area contributed by atoms with E-state index < -0.39 is 0 Å². The maximum absolute atomic E-state index is 9.34. The fraction of sp³-hybridized carbons (Fsp3) is 0.267. The minimum Gasteiger partial charge on any atom is -0.455 e. The van der Waals surface area contributed by atoms with Crippen LogP contribution < -0.4 is 4.74 Å². The Morgan fingerprint density at radius 1 is 1.21 bits per heavy atom.